The van der Waals surface area contributed by atoms with Gasteiger partial charge in [0, 0.05) is 16.3 Å². The summed E-state index contributed by atoms with van der Waals surface area (Å²) in [5.74, 6) is 1.12. The van der Waals surface area contributed by atoms with Crippen molar-refractivity contribution in [3.05, 3.63) is 34.9 Å². The fraction of sp³-hybridized carbons (Fsp3) is 0.500. The molecule has 1 saturated heterocycles. The molecule has 74 valence electrons. The molecule has 0 spiro atoms. The highest BCUT2D eigenvalue weighted by Crippen LogP contribution is 2.45. The number of allylic oxidation sites excluding steroid dienone is 3. The predicted molar refractivity (Wildman–Crippen MR) is 60.2 cm³/mol. The molecule has 0 saturated carbocycles. The van der Waals surface area contributed by atoms with Crippen LogP contribution >= 0.6 is 15.9 Å². The summed E-state index contributed by atoms with van der Waals surface area (Å²) in [4.78, 5) is 0. The van der Waals surface area contributed by atoms with Crippen LogP contribution in [0, 0.1) is 11.8 Å². The Kier molecular flexibility index (Phi) is 2.14. The van der Waals surface area contributed by atoms with Crippen LogP contribution in [-0.2, 0) is 4.74 Å². The molecule has 3 aliphatic rings. The van der Waals surface area contributed by atoms with E-state index >= 15 is 0 Å². The van der Waals surface area contributed by atoms with Crippen molar-refractivity contribution in [2.75, 3.05) is 0 Å². The van der Waals surface area contributed by atoms with Gasteiger partial charge in [0.25, 0.3) is 0 Å². The summed E-state index contributed by atoms with van der Waals surface area (Å²) in [5.41, 5.74) is 0. The van der Waals surface area contributed by atoms with Crippen molar-refractivity contribution in [3.8, 4) is 0 Å². The molecule has 0 aromatic rings. The lowest BCUT2D eigenvalue weighted by molar-refractivity contribution is 0.0528. The number of hydrogen-bond acceptors (Lipinski definition) is 1. The summed E-state index contributed by atoms with van der Waals surface area (Å²) >= 11 is 3.65. The minimum atomic E-state index is 0.298. The van der Waals surface area contributed by atoms with Crippen LogP contribution in [0.15, 0.2) is 34.9 Å². The lowest BCUT2D eigenvalue weighted by Gasteiger charge is -2.23. The van der Waals surface area contributed by atoms with E-state index in [0.717, 1.165) is 0 Å². The molecule has 0 radical (unpaired) electrons. The van der Waals surface area contributed by atoms with E-state index in [1.54, 1.807) is 0 Å². The number of halogens is 1. The Labute approximate surface area is 92.6 Å². The minimum Gasteiger partial charge on any atom is -0.370 e. The molecule has 0 aromatic carbocycles. The van der Waals surface area contributed by atoms with Gasteiger partial charge in [-0.25, -0.2) is 0 Å². The fourth-order valence-electron chi connectivity index (χ4n) is 2.72. The van der Waals surface area contributed by atoms with Gasteiger partial charge in [-0.3, -0.25) is 0 Å². The van der Waals surface area contributed by atoms with E-state index in [2.05, 4.69) is 46.3 Å². The predicted octanol–water partition coefficient (Wildman–Crippen LogP) is 3.18. The number of hydrogen-bond donors (Lipinski definition) is 0. The van der Waals surface area contributed by atoms with Crippen LogP contribution in [0.1, 0.15) is 12.8 Å². The summed E-state index contributed by atoms with van der Waals surface area (Å²) in [6.07, 6.45) is 14.2. The van der Waals surface area contributed by atoms with Crippen LogP contribution in [0.4, 0.5) is 0 Å². The number of ether oxygens (including phenoxy) is 1. The van der Waals surface area contributed by atoms with Crippen molar-refractivity contribution in [1.29, 1.82) is 0 Å². The topological polar surface area (TPSA) is 9.23 Å². The molecular formula is C12H13BrO. The second kappa shape index (κ2) is 3.35. The lowest BCUT2D eigenvalue weighted by Crippen LogP contribution is -2.22. The van der Waals surface area contributed by atoms with Crippen molar-refractivity contribution >= 4 is 15.9 Å². The van der Waals surface area contributed by atoms with Gasteiger partial charge in [0.2, 0.25) is 0 Å². The van der Waals surface area contributed by atoms with Crippen LogP contribution < -0.4 is 0 Å². The third-order valence-electron chi connectivity index (χ3n) is 3.38. The summed E-state index contributed by atoms with van der Waals surface area (Å²) < 4.78 is 7.33. The van der Waals surface area contributed by atoms with E-state index in [-0.39, 0.29) is 0 Å². The number of fused-ring (bicyclic) bond motifs is 3. The largest absolute Gasteiger partial charge is 0.370 e. The zero-order valence-electron chi connectivity index (χ0n) is 7.90. The van der Waals surface area contributed by atoms with Crippen molar-refractivity contribution < 1.29 is 4.74 Å². The van der Waals surface area contributed by atoms with E-state index in [9.17, 15) is 0 Å². The maximum Gasteiger partial charge on any atom is 0.0843 e. The average Bonchev–Trinajstić information content (AvgIpc) is 2.57. The van der Waals surface area contributed by atoms with E-state index in [1.165, 1.54) is 17.3 Å². The molecule has 4 unspecified atom stereocenters. The van der Waals surface area contributed by atoms with Gasteiger partial charge in [0.15, 0.2) is 0 Å². The third-order valence-corrected chi connectivity index (χ3v) is 4.17. The number of rotatable bonds is 0. The summed E-state index contributed by atoms with van der Waals surface area (Å²) in [6, 6.07) is 0. The van der Waals surface area contributed by atoms with Gasteiger partial charge in [-0.15, -0.1) is 0 Å². The molecule has 0 bridgehead atoms. The van der Waals surface area contributed by atoms with Gasteiger partial charge in [-0.1, -0.05) is 46.3 Å². The van der Waals surface area contributed by atoms with Crippen molar-refractivity contribution in [1.82, 2.24) is 0 Å². The zero-order valence-corrected chi connectivity index (χ0v) is 9.48. The fourth-order valence-corrected chi connectivity index (χ4v) is 3.44. The Morgan fingerprint density at radius 1 is 1.36 bits per heavy atom. The SMILES string of the molecule is BrC1=CC=CC2OC3CCC=CC3C12. The van der Waals surface area contributed by atoms with E-state index in [1.807, 2.05) is 0 Å². The smallest absolute Gasteiger partial charge is 0.0843 e. The monoisotopic (exact) mass is 252 g/mol. The van der Waals surface area contributed by atoms with Gasteiger partial charge in [0.05, 0.1) is 12.2 Å². The summed E-state index contributed by atoms with van der Waals surface area (Å²) in [5, 5.41) is 0. The van der Waals surface area contributed by atoms with Crippen molar-refractivity contribution in [2.45, 2.75) is 25.0 Å². The van der Waals surface area contributed by atoms with Crippen LogP contribution in [-0.4, -0.2) is 12.2 Å². The molecule has 14 heavy (non-hydrogen) atoms. The molecule has 1 fully saturated rings. The van der Waals surface area contributed by atoms with Gasteiger partial charge in [0.1, 0.15) is 0 Å². The molecule has 1 heterocycles. The molecule has 2 aliphatic carbocycles. The van der Waals surface area contributed by atoms with E-state index in [4.69, 9.17) is 4.74 Å². The molecule has 1 aliphatic heterocycles. The van der Waals surface area contributed by atoms with Crippen LogP contribution in [0.5, 0.6) is 0 Å². The molecule has 3 rings (SSSR count). The first-order valence-electron chi connectivity index (χ1n) is 5.22. The molecule has 0 aromatic heterocycles. The zero-order chi connectivity index (χ0) is 9.54. The first kappa shape index (κ1) is 8.93. The Morgan fingerprint density at radius 3 is 3.21 bits per heavy atom. The van der Waals surface area contributed by atoms with Gasteiger partial charge < -0.3 is 4.74 Å². The highest BCUT2D eigenvalue weighted by molar-refractivity contribution is 9.11. The lowest BCUT2D eigenvalue weighted by atomic mass is 9.81. The summed E-state index contributed by atoms with van der Waals surface area (Å²) in [7, 11) is 0. The van der Waals surface area contributed by atoms with Gasteiger partial charge in [-0.05, 0) is 12.8 Å². The quantitative estimate of drug-likeness (QED) is 0.602. The van der Waals surface area contributed by atoms with Gasteiger partial charge in [-0.2, -0.15) is 0 Å². The first-order chi connectivity index (χ1) is 6.86. The molecule has 1 nitrogen and oxygen atoms in total. The average molecular weight is 253 g/mol. The van der Waals surface area contributed by atoms with Crippen molar-refractivity contribution in [2.24, 2.45) is 11.8 Å². The van der Waals surface area contributed by atoms with E-state index < -0.39 is 0 Å². The second-order valence-corrected chi connectivity index (χ2v) is 5.10. The molecule has 0 amide bonds. The van der Waals surface area contributed by atoms with Crippen LogP contribution in [0.3, 0.4) is 0 Å². The Balaban J connectivity index is 1.96. The molecular weight excluding hydrogens is 240 g/mol. The van der Waals surface area contributed by atoms with E-state index in [0.29, 0.717) is 24.0 Å². The standard InChI is InChI=1S/C12H13BrO/c13-9-5-3-7-11-12(9)8-4-1-2-6-10(8)14-11/h1,3-5,7-8,10-12H,2,6H2. The normalized spacial score (nSPS) is 44.5. The first-order valence-corrected chi connectivity index (χ1v) is 6.01. The van der Waals surface area contributed by atoms with Crippen molar-refractivity contribution in [3.63, 3.8) is 0 Å². The van der Waals surface area contributed by atoms with Gasteiger partial charge >= 0.3 is 0 Å². The molecule has 0 N–H and O–H groups in total. The molecule has 2 heteroatoms. The third kappa shape index (κ3) is 1.24. The minimum absolute atomic E-state index is 0.298. The Bertz CT molecular complexity index is 329. The second-order valence-electron chi connectivity index (χ2n) is 4.18. The highest BCUT2D eigenvalue weighted by Gasteiger charge is 2.44. The Hall–Kier alpha value is -0.340. The van der Waals surface area contributed by atoms with Crippen LogP contribution in [0.2, 0.25) is 0 Å². The van der Waals surface area contributed by atoms with Crippen LogP contribution in [0.25, 0.3) is 0 Å². The maximum atomic E-state index is 6.03. The maximum absolute atomic E-state index is 6.03. The molecule has 4 atom stereocenters. The Morgan fingerprint density at radius 2 is 2.29 bits per heavy atom. The highest BCUT2D eigenvalue weighted by atomic mass is 79.9. The summed E-state index contributed by atoms with van der Waals surface area (Å²) in [6.45, 7) is 0.